The minimum absolute atomic E-state index is 0.159. The molecule has 0 bridgehead atoms. The second-order valence-electron chi connectivity index (χ2n) is 7.86. The molecule has 4 heterocycles. The van der Waals surface area contributed by atoms with E-state index in [0.29, 0.717) is 30.1 Å². The molecule has 0 spiro atoms. The van der Waals surface area contributed by atoms with Crippen molar-refractivity contribution in [2.45, 2.75) is 6.10 Å². The van der Waals surface area contributed by atoms with Crippen molar-refractivity contribution in [3.63, 3.8) is 0 Å². The number of hydrogen-bond acceptors (Lipinski definition) is 7. The van der Waals surface area contributed by atoms with Gasteiger partial charge in [0.2, 0.25) is 15.9 Å². The van der Waals surface area contributed by atoms with Crippen molar-refractivity contribution in [2.24, 2.45) is 7.05 Å². The Morgan fingerprint density at radius 3 is 2.88 bits per heavy atom. The van der Waals surface area contributed by atoms with E-state index in [9.17, 15) is 8.42 Å². The molecule has 1 fully saturated rings. The van der Waals surface area contributed by atoms with E-state index in [1.165, 1.54) is 10.6 Å². The standard InChI is InChI=1S/C22H23N5O4S/c1-26-8-5-16-11-15(3-4-20(16)26)18-12-19-21(24-7-6-23-19)22(25-18)31-14-17-13-27(9-10-30-17)32(2,28)29/h3-8,11-12,17H,9-10,13-14H2,1-2H3/t17-/m0/s1. The summed E-state index contributed by atoms with van der Waals surface area (Å²) in [5, 5.41) is 1.12. The molecule has 166 valence electrons. The third-order valence-corrected chi connectivity index (χ3v) is 6.85. The fourth-order valence-electron chi connectivity index (χ4n) is 3.90. The van der Waals surface area contributed by atoms with Gasteiger partial charge in [0, 0.05) is 55.2 Å². The SMILES string of the molecule is Cn1ccc2cc(-c3cc4nccnc4c(OC[C@@H]4CN(S(C)(=O)=O)CCO4)n3)ccc21. The second kappa shape index (κ2) is 8.12. The van der Waals surface area contributed by atoms with Crippen molar-refractivity contribution >= 4 is 32.0 Å². The van der Waals surface area contributed by atoms with Crippen LogP contribution in [0.3, 0.4) is 0 Å². The van der Waals surface area contributed by atoms with Crippen molar-refractivity contribution in [1.82, 2.24) is 23.8 Å². The molecule has 1 aliphatic rings. The van der Waals surface area contributed by atoms with Crippen LogP contribution < -0.4 is 4.74 Å². The Morgan fingerprint density at radius 1 is 1.19 bits per heavy atom. The van der Waals surface area contributed by atoms with Gasteiger partial charge in [-0.15, -0.1) is 0 Å². The lowest BCUT2D eigenvalue weighted by molar-refractivity contribution is -0.0252. The van der Waals surface area contributed by atoms with E-state index in [4.69, 9.17) is 14.5 Å². The van der Waals surface area contributed by atoms with E-state index >= 15 is 0 Å². The molecule has 1 saturated heterocycles. The van der Waals surface area contributed by atoms with E-state index in [1.54, 1.807) is 12.4 Å². The third-order valence-electron chi connectivity index (χ3n) is 5.58. The van der Waals surface area contributed by atoms with Crippen LogP contribution in [0.4, 0.5) is 0 Å². The minimum atomic E-state index is -3.28. The molecule has 0 unspecified atom stereocenters. The zero-order valence-electron chi connectivity index (χ0n) is 17.8. The number of aryl methyl sites for hydroxylation is 1. The highest BCUT2D eigenvalue weighted by Crippen LogP contribution is 2.29. The number of morpholine rings is 1. The lowest BCUT2D eigenvalue weighted by Gasteiger charge is -2.30. The van der Waals surface area contributed by atoms with E-state index < -0.39 is 16.1 Å². The molecule has 0 saturated carbocycles. The van der Waals surface area contributed by atoms with Gasteiger partial charge in [-0.2, -0.15) is 4.31 Å². The van der Waals surface area contributed by atoms with Gasteiger partial charge in [-0.25, -0.2) is 18.4 Å². The van der Waals surface area contributed by atoms with Crippen LogP contribution in [0.2, 0.25) is 0 Å². The van der Waals surface area contributed by atoms with Gasteiger partial charge in [0.05, 0.1) is 24.1 Å². The van der Waals surface area contributed by atoms with Gasteiger partial charge in [0.15, 0.2) is 5.52 Å². The van der Waals surface area contributed by atoms with Crippen LogP contribution in [0.25, 0.3) is 33.2 Å². The summed E-state index contributed by atoms with van der Waals surface area (Å²) in [5.74, 6) is 0.346. The Balaban J connectivity index is 1.45. The van der Waals surface area contributed by atoms with Gasteiger partial charge in [0.25, 0.3) is 0 Å². The topological polar surface area (TPSA) is 99.4 Å². The summed E-state index contributed by atoms with van der Waals surface area (Å²) in [6.45, 7) is 1.07. The first-order chi connectivity index (χ1) is 15.4. The third kappa shape index (κ3) is 4.04. The number of ether oxygens (including phenoxy) is 2. The molecule has 0 N–H and O–H groups in total. The fourth-order valence-corrected chi connectivity index (χ4v) is 4.74. The predicted molar refractivity (Wildman–Crippen MR) is 121 cm³/mol. The Morgan fingerprint density at radius 2 is 2.03 bits per heavy atom. The van der Waals surface area contributed by atoms with E-state index in [0.717, 1.165) is 22.2 Å². The Bertz CT molecular complexity index is 1400. The molecule has 0 radical (unpaired) electrons. The average Bonchev–Trinajstić information content (AvgIpc) is 3.17. The van der Waals surface area contributed by atoms with Crippen molar-refractivity contribution < 1.29 is 17.9 Å². The van der Waals surface area contributed by atoms with Crippen LogP contribution in [0, 0.1) is 0 Å². The van der Waals surface area contributed by atoms with Crippen molar-refractivity contribution in [3.8, 4) is 17.1 Å². The molecule has 0 aliphatic carbocycles. The number of sulfonamides is 1. The van der Waals surface area contributed by atoms with Crippen molar-refractivity contribution in [3.05, 3.63) is 48.9 Å². The zero-order chi connectivity index (χ0) is 22.3. The molecule has 0 amide bonds. The molecule has 1 aromatic carbocycles. The molecule has 3 aromatic heterocycles. The minimum Gasteiger partial charge on any atom is -0.473 e. The van der Waals surface area contributed by atoms with Crippen molar-refractivity contribution in [2.75, 3.05) is 32.6 Å². The fraction of sp³-hybridized carbons (Fsp3) is 0.318. The van der Waals surface area contributed by atoms with Crippen LogP contribution in [0.1, 0.15) is 0 Å². The summed E-state index contributed by atoms with van der Waals surface area (Å²) in [5.41, 5.74) is 4.02. The molecule has 32 heavy (non-hydrogen) atoms. The van der Waals surface area contributed by atoms with Gasteiger partial charge in [0.1, 0.15) is 12.7 Å². The summed E-state index contributed by atoms with van der Waals surface area (Å²) in [7, 11) is -1.27. The molecule has 4 aromatic rings. The molecule has 10 heteroatoms. The van der Waals surface area contributed by atoms with Gasteiger partial charge in [-0.05, 0) is 24.3 Å². The number of aromatic nitrogens is 4. The smallest absolute Gasteiger partial charge is 0.242 e. The van der Waals surface area contributed by atoms with Crippen LogP contribution in [-0.4, -0.2) is 70.9 Å². The van der Waals surface area contributed by atoms with E-state index in [-0.39, 0.29) is 13.2 Å². The number of rotatable bonds is 5. The first-order valence-electron chi connectivity index (χ1n) is 10.3. The highest BCUT2D eigenvalue weighted by molar-refractivity contribution is 7.88. The largest absolute Gasteiger partial charge is 0.473 e. The molecular weight excluding hydrogens is 430 g/mol. The van der Waals surface area contributed by atoms with Crippen LogP contribution in [0.5, 0.6) is 5.88 Å². The van der Waals surface area contributed by atoms with Crippen LogP contribution in [-0.2, 0) is 21.8 Å². The number of benzene rings is 1. The van der Waals surface area contributed by atoms with Gasteiger partial charge < -0.3 is 14.0 Å². The van der Waals surface area contributed by atoms with E-state index in [2.05, 4.69) is 32.7 Å². The Kier molecular flexibility index (Phi) is 5.28. The summed E-state index contributed by atoms with van der Waals surface area (Å²) in [6, 6.07) is 10.1. The summed E-state index contributed by atoms with van der Waals surface area (Å²) >= 11 is 0. The maximum atomic E-state index is 11.9. The lowest BCUT2D eigenvalue weighted by Crippen LogP contribution is -2.47. The maximum Gasteiger partial charge on any atom is 0.242 e. The molecule has 1 aliphatic heterocycles. The normalized spacial score (nSPS) is 17.8. The number of fused-ring (bicyclic) bond motifs is 2. The predicted octanol–water partition coefficient (Wildman–Crippen LogP) is 2.22. The summed E-state index contributed by atoms with van der Waals surface area (Å²) in [6.07, 6.45) is 6.05. The Hall–Kier alpha value is -3.08. The first kappa shape index (κ1) is 20.8. The maximum absolute atomic E-state index is 11.9. The number of nitrogens with zero attached hydrogens (tertiary/aromatic N) is 5. The summed E-state index contributed by atoms with van der Waals surface area (Å²) < 4.78 is 38.9. The van der Waals surface area contributed by atoms with Gasteiger partial charge in [-0.3, -0.25) is 4.98 Å². The van der Waals surface area contributed by atoms with Crippen molar-refractivity contribution in [1.29, 1.82) is 0 Å². The quantitative estimate of drug-likeness (QED) is 0.457. The van der Waals surface area contributed by atoms with Crippen LogP contribution >= 0.6 is 0 Å². The van der Waals surface area contributed by atoms with E-state index in [1.807, 2.05) is 25.4 Å². The molecule has 9 nitrogen and oxygen atoms in total. The summed E-state index contributed by atoms with van der Waals surface area (Å²) in [4.78, 5) is 13.5. The number of hydrogen-bond donors (Lipinski definition) is 0. The lowest BCUT2D eigenvalue weighted by atomic mass is 10.1. The monoisotopic (exact) mass is 453 g/mol. The van der Waals surface area contributed by atoms with Crippen LogP contribution in [0.15, 0.2) is 48.9 Å². The zero-order valence-corrected chi connectivity index (χ0v) is 18.6. The molecule has 1 atom stereocenters. The average molecular weight is 454 g/mol. The van der Waals surface area contributed by atoms with Gasteiger partial charge >= 0.3 is 0 Å². The highest BCUT2D eigenvalue weighted by atomic mass is 32.2. The second-order valence-corrected chi connectivity index (χ2v) is 9.84. The highest BCUT2D eigenvalue weighted by Gasteiger charge is 2.27. The Labute approximate surface area is 185 Å². The van der Waals surface area contributed by atoms with Gasteiger partial charge in [-0.1, -0.05) is 6.07 Å². The molecule has 5 rings (SSSR count). The number of pyridine rings is 1. The first-order valence-corrected chi connectivity index (χ1v) is 12.1. The molecular formula is C22H23N5O4S.